The van der Waals surface area contributed by atoms with Gasteiger partial charge in [0.15, 0.2) is 0 Å². The Morgan fingerprint density at radius 3 is 2.73 bits per heavy atom. The predicted octanol–water partition coefficient (Wildman–Crippen LogP) is 2.56. The molecule has 0 bridgehead atoms. The molecule has 2 saturated heterocycles. The molecule has 1 aromatic carbocycles. The van der Waals surface area contributed by atoms with E-state index in [1.807, 2.05) is 17.0 Å². The van der Waals surface area contributed by atoms with Gasteiger partial charge in [0.05, 0.1) is 11.3 Å². The molecule has 2 fully saturated rings. The fourth-order valence-electron chi connectivity index (χ4n) is 4.31. The number of rotatable bonds is 2. The Balaban J connectivity index is 1.56. The van der Waals surface area contributed by atoms with Gasteiger partial charge in [-0.3, -0.25) is 19.8 Å². The summed E-state index contributed by atoms with van der Waals surface area (Å²) >= 11 is 0. The lowest BCUT2D eigenvalue weighted by molar-refractivity contribution is -0.120. The van der Waals surface area contributed by atoms with Crippen LogP contribution in [-0.2, 0) is 4.79 Å². The molecule has 6 heteroatoms. The van der Waals surface area contributed by atoms with Gasteiger partial charge in [0.1, 0.15) is 0 Å². The van der Waals surface area contributed by atoms with Crippen LogP contribution in [0.1, 0.15) is 36.5 Å². The lowest BCUT2D eigenvalue weighted by Crippen LogP contribution is -2.50. The molecule has 0 spiro atoms. The van der Waals surface area contributed by atoms with E-state index in [0.29, 0.717) is 29.6 Å². The van der Waals surface area contributed by atoms with Crippen molar-refractivity contribution in [2.75, 3.05) is 24.5 Å². The SMILES string of the molecule is CC1=CC[C@@H]2CN(C(=O)c3ccccc3N3CCC(=O)NC3=O)C[C@@H]2C1. The summed E-state index contributed by atoms with van der Waals surface area (Å²) in [5.41, 5.74) is 2.52. The summed E-state index contributed by atoms with van der Waals surface area (Å²) in [6, 6.07) is 6.71. The van der Waals surface area contributed by atoms with E-state index in [0.717, 1.165) is 25.9 Å². The van der Waals surface area contributed by atoms with Crippen LogP contribution in [0, 0.1) is 11.8 Å². The number of fused-ring (bicyclic) bond motifs is 1. The van der Waals surface area contributed by atoms with Gasteiger partial charge in [0.2, 0.25) is 5.91 Å². The van der Waals surface area contributed by atoms with Gasteiger partial charge in [-0.2, -0.15) is 0 Å². The number of allylic oxidation sites excluding steroid dienone is 2. The molecule has 0 aromatic heterocycles. The first-order valence-electron chi connectivity index (χ1n) is 9.18. The molecule has 136 valence electrons. The first-order chi connectivity index (χ1) is 12.5. The number of anilines is 1. The number of likely N-dealkylation sites (tertiary alicyclic amines) is 1. The first-order valence-corrected chi connectivity index (χ1v) is 9.18. The number of hydrogen-bond acceptors (Lipinski definition) is 3. The van der Waals surface area contributed by atoms with Crippen molar-refractivity contribution in [3.05, 3.63) is 41.5 Å². The fourth-order valence-corrected chi connectivity index (χ4v) is 4.31. The Morgan fingerprint density at radius 2 is 1.92 bits per heavy atom. The minimum Gasteiger partial charge on any atom is -0.338 e. The summed E-state index contributed by atoms with van der Waals surface area (Å²) in [6.07, 6.45) is 4.64. The molecular weight excluding hydrogens is 330 g/mol. The van der Waals surface area contributed by atoms with Crippen molar-refractivity contribution >= 4 is 23.5 Å². The summed E-state index contributed by atoms with van der Waals surface area (Å²) in [6.45, 7) is 4.00. The molecule has 2 atom stereocenters. The van der Waals surface area contributed by atoms with Crippen molar-refractivity contribution in [3.8, 4) is 0 Å². The third-order valence-corrected chi connectivity index (χ3v) is 5.70. The molecule has 0 radical (unpaired) electrons. The zero-order chi connectivity index (χ0) is 18.3. The standard InChI is InChI=1S/C20H23N3O3/c1-13-6-7-14-11-22(12-15(14)10-13)19(25)16-4-2-3-5-17(16)23-9-8-18(24)21-20(23)26/h2-6,14-15H,7-12H2,1H3,(H,21,24,26)/t14-,15+/m1/s1. The van der Waals surface area contributed by atoms with E-state index in [9.17, 15) is 14.4 Å². The quantitative estimate of drug-likeness (QED) is 0.831. The van der Waals surface area contributed by atoms with Gasteiger partial charge < -0.3 is 4.90 Å². The second-order valence-electron chi connectivity index (χ2n) is 7.49. The highest BCUT2D eigenvalue weighted by molar-refractivity contribution is 6.09. The van der Waals surface area contributed by atoms with Crippen LogP contribution in [-0.4, -0.2) is 42.4 Å². The number of nitrogens with one attached hydrogen (secondary N) is 1. The average molecular weight is 353 g/mol. The van der Waals surface area contributed by atoms with E-state index in [1.54, 1.807) is 12.1 Å². The maximum atomic E-state index is 13.2. The number of amides is 4. The van der Waals surface area contributed by atoms with Crippen molar-refractivity contribution in [2.24, 2.45) is 11.8 Å². The number of nitrogens with zero attached hydrogens (tertiary/aromatic N) is 2. The van der Waals surface area contributed by atoms with E-state index in [1.165, 1.54) is 10.5 Å². The lowest BCUT2D eigenvalue weighted by Gasteiger charge is -2.29. The van der Waals surface area contributed by atoms with E-state index < -0.39 is 6.03 Å². The van der Waals surface area contributed by atoms with Crippen molar-refractivity contribution in [3.63, 3.8) is 0 Å². The van der Waals surface area contributed by atoms with Gasteiger partial charge in [0.25, 0.3) is 5.91 Å². The Bertz CT molecular complexity index is 801. The minimum atomic E-state index is -0.462. The third-order valence-electron chi connectivity index (χ3n) is 5.70. The first kappa shape index (κ1) is 16.8. The van der Waals surface area contributed by atoms with Crippen LogP contribution >= 0.6 is 0 Å². The molecule has 4 rings (SSSR count). The molecule has 4 amide bonds. The van der Waals surface area contributed by atoms with E-state index >= 15 is 0 Å². The third kappa shape index (κ3) is 3.00. The zero-order valence-corrected chi connectivity index (χ0v) is 14.9. The van der Waals surface area contributed by atoms with Crippen LogP contribution in [0.25, 0.3) is 0 Å². The number of carbonyl (C=O) groups is 3. The van der Waals surface area contributed by atoms with Crippen molar-refractivity contribution in [1.82, 2.24) is 10.2 Å². The minimum absolute atomic E-state index is 0.0302. The summed E-state index contributed by atoms with van der Waals surface area (Å²) in [7, 11) is 0. The second kappa shape index (κ2) is 6.59. The maximum Gasteiger partial charge on any atom is 0.328 e. The molecule has 2 aliphatic heterocycles. The molecule has 6 nitrogen and oxygen atoms in total. The van der Waals surface area contributed by atoms with Crippen LogP contribution < -0.4 is 10.2 Å². The van der Waals surface area contributed by atoms with Crippen LogP contribution in [0.3, 0.4) is 0 Å². The van der Waals surface area contributed by atoms with Crippen molar-refractivity contribution < 1.29 is 14.4 Å². The number of carbonyl (C=O) groups excluding carboxylic acids is 3. The van der Waals surface area contributed by atoms with Crippen molar-refractivity contribution in [2.45, 2.75) is 26.2 Å². The smallest absolute Gasteiger partial charge is 0.328 e. The maximum absolute atomic E-state index is 13.2. The molecule has 1 N–H and O–H groups in total. The second-order valence-corrected chi connectivity index (χ2v) is 7.49. The molecular formula is C20H23N3O3. The van der Waals surface area contributed by atoms with Crippen LogP contribution in [0.5, 0.6) is 0 Å². The zero-order valence-electron chi connectivity index (χ0n) is 14.9. The summed E-state index contributed by atoms with van der Waals surface area (Å²) in [4.78, 5) is 40.2. The highest BCUT2D eigenvalue weighted by Gasteiger charge is 2.37. The van der Waals surface area contributed by atoms with Gasteiger partial charge in [-0.05, 0) is 43.7 Å². The number of para-hydroxylation sites is 1. The van der Waals surface area contributed by atoms with E-state index in [-0.39, 0.29) is 18.2 Å². The molecule has 0 saturated carbocycles. The number of imide groups is 1. The van der Waals surface area contributed by atoms with Crippen molar-refractivity contribution in [1.29, 1.82) is 0 Å². The van der Waals surface area contributed by atoms with Crippen LogP contribution in [0.2, 0.25) is 0 Å². The molecule has 26 heavy (non-hydrogen) atoms. The van der Waals surface area contributed by atoms with Crippen LogP contribution in [0.4, 0.5) is 10.5 Å². The number of hydrogen-bond donors (Lipinski definition) is 1. The van der Waals surface area contributed by atoms with E-state index in [4.69, 9.17) is 0 Å². The summed E-state index contributed by atoms with van der Waals surface area (Å²) < 4.78 is 0. The van der Waals surface area contributed by atoms with Gasteiger partial charge in [-0.15, -0.1) is 0 Å². The highest BCUT2D eigenvalue weighted by atomic mass is 16.2. The van der Waals surface area contributed by atoms with Crippen LogP contribution in [0.15, 0.2) is 35.9 Å². The molecule has 3 aliphatic rings. The van der Waals surface area contributed by atoms with Gasteiger partial charge in [0, 0.05) is 26.1 Å². The Kier molecular flexibility index (Phi) is 4.26. The summed E-state index contributed by atoms with van der Waals surface area (Å²) in [5.74, 6) is 0.761. The monoisotopic (exact) mass is 353 g/mol. The topological polar surface area (TPSA) is 69.7 Å². The molecule has 1 aliphatic carbocycles. The predicted molar refractivity (Wildman–Crippen MR) is 97.8 cm³/mol. The lowest BCUT2D eigenvalue weighted by atomic mass is 9.83. The molecule has 0 unspecified atom stereocenters. The highest BCUT2D eigenvalue weighted by Crippen LogP contribution is 2.37. The number of benzene rings is 1. The molecule has 1 aromatic rings. The Labute approximate surface area is 152 Å². The fraction of sp³-hybridized carbons (Fsp3) is 0.450. The van der Waals surface area contributed by atoms with Gasteiger partial charge >= 0.3 is 6.03 Å². The normalized spacial score (nSPS) is 25.7. The van der Waals surface area contributed by atoms with E-state index in [2.05, 4.69) is 18.3 Å². The van der Waals surface area contributed by atoms with Gasteiger partial charge in [-0.25, -0.2) is 4.79 Å². The Hall–Kier alpha value is -2.63. The molecule has 2 heterocycles. The largest absolute Gasteiger partial charge is 0.338 e. The summed E-state index contributed by atoms with van der Waals surface area (Å²) in [5, 5.41) is 2.33. The van der Waals surface area contributed by atoms with Gasteiger partial charge in [-0.1, -0.05) is 23.8 Å². The Morgan fingerprint density at radius 1 is 1.15 bits per heavy atom. The average Bonchev–Trinajstić information content (AvgIpc) is 3.04. The number of urea groups is 1.